The highest BCUT2D eigenvalue weighted by atomic mass is 19.1. The van der Waals surface area contributed by atoms with Crippen molar-refractivity contribution in [3.63, 3.8) is 0 Å². The minimum Gasteiger partial charge on any atom is -0.469 e. The summed E-state index contributed by atoms with van der Waals surface area (Å²) in [5.41, 5.74) is 1.94. The van der Waals surface area contributed by atoms with Gasteiger partial charge in [0.05, 0.1) is 26.2 Å². The van der Waals surface area contributed by atoms with Gasteiger partial charge >= 0.3 is 5.97 Å². The molecule has 3 rings (SSSR count). The Labute approximate surface area is 269 Å². The quantitative estimate of drug-likeness (QED) is 0.289. The predicted octanol–water partition coefficient (Wildman–Crippen LogP) is 5.52. The van der Waals surface area contributed by atoms with Crippen LogP contribution in [-0.4, -0.2) is 61.2 Å². The topological polar surface area (TPSA) is 107 Å². The lowest BCUT2D eigenvalue weighted by Gasteiger charge is -2.31. The molecule has 1 unspecified atom stereocenters. The van der Waals surface area contributed by atoms with Crippen LogP contribution in [0, 0.1) is 24.6 Å². The number of halogens is 2. The van der Waals surface area contributed by atoms with E-state index >= 15 is 4.39 Å². The summed E-state index contributed by atoms with van der Waals surface area (Å²) in [6.07, 6.45) is 3.07. The van der Waals surface area contributed by atoms with Gasteiger partial charge in [0.2, 0.25) is 5.91 Å². The van der Waals surface area contributed by atoms with Crippen LogP contribution in [-0.2, 0) is 25.6 Å². The molecule has 1 N–H and O–H groups in total. The van der Waals surface area contributed by atoms with Crippen LogP contribution in [0.4, 0.5) is 8.78 Å². The zero-order valence-electron chi connectivity index (χ0n) is 27.9. The van der Waals surface area contributed by atoms with Gasteiger partial charge in [-0.1, -0.05) is 20.8 Å². The molecule has 46 heavy (non-hydrogen) atoms. The van der Waals surface area contributed by atoms with Crippen molar-refractivity contribution in [1.82, 2.24) is 14.8 Å². The van der Waals surface area contributed by atoms with Crippen LogP contribution in [0.3, 0.4) is 0 Å². The van der Waals surface area contributed by atoms with Crippen LogP contribution in [0.25, 0.3) is 5.57 Å². The Balaban J connectivity index is 2.04. The Hall–Kier alpha value is -4.12. The molecule has 1 aromatic heterocycles. The highest BCUT2D eigenvalue weighted by molar-refractivity contribution is 5.97. The van der Waals surface area contributed by atoms with E-state index in [2.05, 4.69) is 5.32 Å². The summed E-state index contributed by atoms with van der Waals surface area (Å²) in [5.74, 6) is -3.01. The summed E-state index contributed by atoms with van der Waals surface area (Å²) in [4.78, 5) is 54.5. The number of esters is 1. The smallest absolute Gasteiger partial charge is 0.307 e. The molecular formula is C35H45F2N3O6. The number of hydrogen-bond donors (Lipinski definition) is 1. The molecule has 1 aromatic carbocycles. The van der Waals surface area contributed by atoms with Crippen molar-refractivity contribution >= 4 is 23.4 Å². The lowest BCUT2D eigenvalue weighted by Crippen LogP contribution is -2.50. The molecule has 0 saturated heterocycles. The lowest BCUT2D eigenvalue weighted by molar-refractivity contribution is -0.141. The van der Waals surface area contributed by atoms with Crippen LogP contribution >= 0.6 is 0 Å². The van der Waals surface area contributed by atoms with E-state index in [9.17, 15) is 23.6 Å². The first-order valence-electron chi connectivity index (χ1n) is 15.4. The van der Waals surface area contributed by atoms with Gasteiger partial charge in [-0.3, -0.25) is 19.2 Å². The SMILES string of the molecule is COCCn1cccc(C(=O)N(C)[C@@H](CC(C)C)C(=O)N[C@@H](CC(=O)OC)c2cc(C3=C(C)C=C(F)CC3C)cc(C)c2F)c1=O. The fourth-order valence-corrected chi connectivity index (χ4v) is 5.91. The van der Waals surface area contributed by atoms with Crippen LogP contribution in [0.15, 0.2) is 52.7 Å². The first kappa shape index (κ1) is 36.3. The standard InChI is InChI=1S/C35H45F2N3O6/c1-20(2)14-29(39(6)34(43)26-10-9-11-40(35(26)44)12-13-45-7)33(42)38-28(19-30(41)46-8)27-18-24(15-23(5)32(27)37)31-21(3)16-25(36)17-22(31)4/h9-11,15-16,18,20,22,28-29H,12-14,17,19H2,1-8H3,(H,38,42)/t22?,28-,29-/m0/s1. The largest absolute Gasteiger partial charge is 0.469 e. The monoisotopic (exact) mass is 641 g/mol. The molecule has 0 aliphatic heterocycles. The molecule has 0 saturated carbocycles. The fourth-order valence-electron chi connectivity index (χ4n) is 5.91. The van der Waals surface area contributed by atoms with E-state index < -0.39 is 41.2 Å². The van der Waals surface area contributed by atoms with Gasteiger partial charge in [0.25, 0.3) is 11.5 Å². The van der Waals surface area contributed by atoms with E-state index in [0.717, 1.165) is 5.57 Å². The highest BCUT2D eigenvalue weighted by Crippen LogP contribution is 2.38. The molecule has 0 radical (unpaired) electrons. The minimum atomic E-state index is -1.15. The van der Waals surface area contributed by atoms with E-state index in [1.165, 1.54) is 42.9 Å². The maximum atomic E-state index is 15.8. The van der Waals surface area contributed by atoms with Crippen molar-refractivity contribution in [2.45, 2.75) is 72.5 Å². The number of hydrogen-bond acceptors (Lipinski definition) is 6. The highest BCUT2D eigenvalue weighted by Gasteiger charge is 2.33. The summed E-state index contributed by atoms with van der Waals surface area (Å²) in [5, 5.41) is 2.81. The Bertz CT molecular complexity index is 1580. The number of likely N-dealkylation sites (N-methyl/N-ethyl adjacent to an activating group) is 1. The summed E-state index contributed by atoms with van der Waals surface area (Å²) in [7, 11) is 4.15. The molecule has 250 valence electrons. The average Bonchev–Trinajstić information content (AvgIpc) is 2.99. The second-order valence-corrected chi connectivity index (χ2v) is 12.3. The minimum absolute atomic E-state index is 0.0438. The third kappa shape index (κ3) is 8.57. The molecule has 1 aliphatic carbocycles. The second-order valence-electron chi connectivity index (χ2n) is 12.3. The maximum Gasteiger partial charge on any atom is 0.307 e. The van der Waals surface area contributed by atoms with Gasteiger partial charge in [-0.05, 0) is 84.7 Å². The van der Waals surface area contributed by atoms with Crippen molar-refractivity contribution in [1.29, 1.82) is 0 Å². The van der Waals surface area contributed by atoms with Crippen molar-refractivity contribution in [2.75, 3.05) is 27.9 Å². The van der Waals surface area contributed by atoms with Crippen LogP contribution < -0.4 is 10.9 Å². The molecule has 2 amide bonds. The number of carbonyl (C=O) groups is 3. The zero-order valence-corrected chi connectivity index (χ0v) is 27.9. The van der Waals surface area contributed by atoms with E-state index in [4.69, 9.17) is 9.47 Å². The van der Waals surface area contributed by atoms with Crippen LogP contribution in [0.5, 0.6) is 0 Å². The molecule has 2 aromatic rings. The molecule has 11 heteroatoms. The van der Waals surface area contributed by atoms with Gasteiger partial charge < -0.3 is 24.3 Å². The van der Waals surface area contributed by atoms with E-state index in [1.54, 1.807) is 38.2 Å². The molecule has 9 nitrogen and oxygen atoms in total. The average molecular weight is 642 g/mol. The number of amides is 2. The summed E-state index contributed by atoms with van der Waals surface area (Å²) < 4.78 is 41.3. The van der Waals surface area contributed by atoms with Gasteiger partial charge in [-0.2, -0.15) is 0 Å². The Morgan fingerprint density at radius 1 is 1.15 bits per heavy atom. The third-order valence-electron chi connectivity index (χ3n) is 8.25. The molecule has 0 fully saturated rings. The van der Waals surface area contributed by atoms with Gasteiger partial charge in [-0.25, -0.2) is 8.78 Å². The number of aryl methyl sites for hydroxylation is 1. The third-order valence-corrected chi connectivity index (χ3v) is 8.25. The summed E-state index contributed by atoms with van der Waals surface area (Å²) in [6.45, 7) is 9.56. The summed E-state index contributed by atoms with van der Waals surface area (Å²) >= 11 is 0. The zero-order chi connectivity index (χ0) is 34.3. The Morgan fingerprint density at radius 3 is 2.46 bits per heavy atom. The van der Waals surface area contributed by atoms with Crippen molar-refractivity contribution in [3.8, 4) is 0 Å². The Morgan fingerprint density at radius 2 is 1.85 bits per heavy atom. The van der Waals surface area contributed by atoms with Crippen molar-refractivity contribution < 1.29 is 32.6 Å². The molecule has 3 atom stereocenters. The number of allylic oxidation sites excluding steroid dienone is 4. The fraction of sp³-hybridized carbons (Fsp3) is 0.486. The van der Waals surface area contributed by atoms with E-state index in [0.29, 0.717) is 16.7 Å². The van der Waals surface area contributed by atoms with E-state index in [1.807, 2.05) is 20.8 Å². The maximum absolute atomic E-state index is 15.8. The number of rotatable bonds is 13. The predicted molar refractivity (Wildman–Crippen MR) is 172 cm³/mol. The van der Waals surface area contributed by atoms with Crippen LogP contribution in [0.2, 0.25) is 0 Å². The number of ether oxygens (including phenoxy) is 2. The van der Waals surface area contributed by atoms with Gasteiger partial charge in [0, 0.05) is 38.9 Å². The number of nitrogens with one attached hydrogen (secondary N) is 1. The number of aromatic nitrogens is 1. The number of benzene rings is 1. The molecular weight excluding hydrogens is 596 g/mol. The number of carbonyl (C=O) groups excluding carboxylic acids is 3. The number of nitrogens with zero attached hydrogens (tertiary/aromatic N) is 2. The van der Waals surface area contributed by atoms with Crippen LogP contribution in [0.1, 0.15) is 80.0 Å². The van der Waals surface area contributed by atoms with Gasteiger partial charge in [0.15, 0.2) is 0 Å². The Kier molecular flexibility index (Phi) is 12.6. The summed E-state index contributed by atoms with van der Waals surface area (Å²) in [6, 6.07) is 4.05. The van der Waals surface area contributed by atoms with E-state index in [-0.39, 0.29) is 61.2 Å². The van der Waals surface area contributed by atoms with Gasteiger partial charge in [0.1, 0.15) is 23.2 Å². The van der Waals surface area contributed by atoms with Crippen molar-refractivity contribution in [3.05, 3.63) is 86.4 Å². The first-order chi connectivity index (χ1) is 21.7. The van der Waals surface area contributed by atoms with Gasteiger partial charge in [-0.15, -0.1) is 0 Å². The first-order valence-corrected chi connectivity index (χ1v) is 15.4. The number of methoxy groups -OCH3 is 2. The molecule has 0 spiro atoms. The number of pyridine rings is 1. The molecule has 1 heterocycles. The van der Waals surface area contributed by atoms with Crippen molar-refractivity contribution in [2.24, 2.45) is 11.8 Å². The lowest BCUT2D eigenvalue weighted by atomic mass is 9.82. The molecule has 0 bridgehead atoms. The normalized spacial score (nSPS) is 16.2. The molecule has 1 aliphatic rings. The second kappa shape index (κ2) is 15.9.